The second kappa shape index (κ2) is 4.24. The van der Waals surface area contributed by atoms with Gasteiger partial charge in [0.1, 0.15) is 5.65 Å². The van der Waals surface area contributed by atoms with E-state index in [1.165, 1.54) is 0 Å². The molecule has 0 aliphatic heterocycles. The maximum Gasteiger partial charge on any atom is 0.249 e. The molecule has 0 atom stereocenters. The molecule has 0 saturated carbocycles. The summed E-state index contributed by atoms with van der Waals surface area (Å²) in [7, 11) is 0. The minimum Gasteiger partial charge on any atom is -0.366 e. The molecule has 2 heterocycles. The van der Waals surface area contributed by atoms with Crippen LogP contribution in [0.1, 0.15) is 16.1 Å². The molecule has 3 rings (SSSR count). The van der Waals surface area contributed by atoms with Crippen molar-refractivity contribution < 1.29 is 4.79 Å². The summed E-state index contributed by atoms with van der Waals surface area (Å²) in [6, 6.07) is 11.2. The second-order valence-corrected chi connectivity index (χ2v) is 4.44. The lowest BCUT2D eigenvalue weighted by Gasteiger charge is -2.07. The van der Waals surface area contributed by atoms with E-state index in [-0.39, 0.29) is 0 Å². The zero-order chi connectivity index (χ0) is 13.4. The lowest BCUT2D eigenvalue weighted by Crippen LogP contribution is -2.12. The van der Waals surface area contributed by atoms with Crippen molar-refractivity contribution in [3.05, 3.63) is 60.0 Å². The highest BCUT2D eigenvalue weighted by molar-refractivity contribution is 6.01. The van der Waals surface area contributed by atoms with Crippen molar-refractivity contribution in [2.45, 2.75) is 6.92 Å². The average Bonchev–Trinajstić information content (AvgIpc) is 2.78. The Bertz CT molecular complexity index is 774. The molecule has 3 aromatic rings. The third-order valence-electron chi connectivity index (χ3n) is 3.09. The molecule has 4 heteroatoms. The summed E-state index contributed by atoms with van der Waals surface area (Å²) in [6.07, 6.45) is 3.89. The van der Waals surface area contributed by atoms with E-state index in [1.807, 2.05) is 48.0 Å². The van der Waals surface area contributed by atoms with Gasteiger partial charge in [0.05, 0.1) is 5.69 Å². The van der Waals surface area contributed by atoms with Crippen LogP contribution in [0.15, 0.2) is 48.8 Å². The summed E-state index contributed by atoms with van der Waals surface area (Å²) in [4.78, 5) is 16.0. The number of primary amides is 1. The fourth-order valence-electron chi connectivity index (χ4n) is 2.28. The zero-order valence-electron chi connectivity index (χ0n) is 10.5. The Kier molecular flexibility index (Phi) is 2.56. The number of pyridine rings is 1. The minimum atomic E-state index is -0.430. The number of nitrogens with two attached hydrogens (primary N) is 1. The van der Waals surface area contributed by atoms with E-state index in [4.69, 9.17) is 5.73 Å². The van der Waals surface area contributed by atoms with E-state index >= 15 is 0 Å². The van der Waals surface area contributed by atoms with Gasteiger partial charge in [-0.25, -0.2) is 4.98 Å². The normalized spacial score (nSPS) is 10.8. The topological polar surface area (TPSA) is 60.4 Å². The number of fused-ring (bicyclic) bond motifs is 1. The largest absolute Gasteiger partial charge is 0.366 e. The Morgan fingerprint density at radius 1 is 1.16 bits per heavy atom. The lowest BCUT2D eigenvalue weighted by molar-refractivity contribution is 0.100. The van der Waals surface area contributed by atoms with Crippen molar-refractivity contribution >= 4 is 11.6 Å². The Balaban J connectivity index is 2.33. The standard InChI is InChI=1S/C15H13N3O/c1-10-9-18-8-4-7-13(15(18)17-10)11-5-2-3-6-12(11)14(16)19/h2-9H,1H3,(H2,16,19). The fourth-order valence-corrected chi connectivity index (χ4v) is 2.28. The SMILES string of the molecule is Cc1cn2cccc(-c3ccccc3C(N)=O)c2n1. The summed E-state index contributed by atoms with van der Waals surface area (Å²) < 4.78 is 1.95. The number of hydrogen-bond donors (Lipinski definition) is 1. The number of rotatable bonds is 2. The van der Waals surface area contributed by atoms with E-state index in [0.717, 1.165) is 22.5 Å². The van der Waals surface area contributed by atoms with Crippen LogP contribution >= 0.6 is 0 Å². The number of hydrogen-bond acceptors (Lipinski definition) is 2. The molecule has 1 amide bonds. The summed E-state index contributed by atoms with van der Waals surface area (Å²) in [5.41, 5.74) is 9.43. The van der Waals surface area contributed by atoms with E-state index < -0.39 is 5.91 Å². The fraction of sp³-hybridized carbons (Fsp3) is 0.0667. The van der Waals surface area contributed by atoms with E-state index in [1.54, 1.807) is 12.1 Å². The zero-order valence-corrected chi connectivity index (χ0v) is 10.5. The van der Waals surface area contributed by atoms with Gasteiger partial charge in [-0.05, 0) is 30.7 Å². The van der Waals surface area contributed by atoms with Gasteiger partial charge in [-0.1, -0.05) is 18.2 Å². The highest BCUT2D eigenvalue weighted by Gasteiger charge is 2.13. The first kappa shape index (κ1) is 11.5. The molecule has 0 saturated heterocycles. The van der Waals surface area contributed by atoms with Crippen molar-refractivity contribution in [1.82, 2.24) is 9.38 Å². The van der Waals surface area contributed by atoms with E-state index in [9.17, 15) is 4.79 Å². The van der Waals surface area contributed by atoms with Crippen molar-refractivity contribution in [3.63, 3.8) is 0 Å². The molecule has 0 bridgehead atoms. The van der Waals surface area contributed by atoms with E-state index in [0.29, 0.717) is 5.56 Å². The summed E-state index contributed by atoms with van der Waals surface area (Å²) >= 11 is 0. The molecular weight excluding hydrogens is 238 g/mol. The summed E-state index contributed by atoms with van der Waals surface area (Å²) in [6.45, 7) is 1.94. The predicted molar refractivity (Wildman–Crippen MR) is 73.9 cm³/mol. The van der Waals surface area contributed by atoms with Crippen LogP contribution in [0.2, 0.25) is 0 Å². The van der Waals surface area contributed by atoms with Crippen molar-refractivity contribution in [1.29, 1.82) is 0 Å². The smallest absolute Gasteiger partial charge is 0.249 e. The van der Waals surface area contributed by atoms with Crippen LogP contribution in [0, 0.1) is 6.92 Å². The first-order valence-electron chi connectivity index (χ1n) is 6.00. The van der Waals surface area contributed by atoms with Crippen molar-refractivity contribution in [3.8, 4) is 11.1 Å². The number of carbonyl (C=O) groups is 1. The number of nitrogens with zero attached hydrogens (tertiary/aromatic N) is 2. The van der Waals surface area contributed by atoms with Crippen molar-refractivity contribution in [2.24, 2.45) is 5.73 Å². The Hall–Kier alpha value is -2.62. The Morgan fingerprint density at radius 2 is 1.89 bits per heavy atom. The van der Waals surface area contributed by atoms with Gasteiger partial charge in [-0.15, -0.1) is 0 Å². The highest BCUT2D eigenvalue weighted by atomic mass is 16.1. The summed E-state index contributed by atoms with van der Waals surface area (Å²) in [5.74, 6) is -0.430. The number of benzene rings is 1. The number of aromatic nitrogens is 2. The van der Waals surface area contributed by atoms with Crippen LogP contribution in [-0.2, 0) is 0 Å². The third-order valence-corrected chi connectivity index (χ3v) is 3.09. The predicted octanol–water partition coefficient (Wildman–Crippen LogP) is 2.41. The van der Waals surface area contributed by atoms with Gasteiger partial charge in [0, 0.05) is 23.5 Å². The molecule has 2 aromatic heterocycles. The summed E-state index contributed by atoms with van der Waals surface area (Å²) in [5, 5.41) is 0. The van der Waals surface area contributed by atoms with Crippen LogP contribution < -0.4 is 5.73 Å². The van der Waals surface area contributed by atoms with E-state index in [2.05, 4.69) is 4.98 Å². The molecule has 0 unspecified atom stereocenters. The Labute approximate surface area is 110 Å². The van der Waals surface area contributed by atoms with Crippen LogP contribution in [0.3, 0.4) is 0 Å². The molecule has 0 aliphatic rings. The second-order valence-electron chi connectivity index (χ2n) is 4.44. The molecule has 94 valence electrons. The molecule has 19 heavy (non-hydrogen) atoms. The highest BCUT2D eigenvalue weighted by Crippen LogP contribution is 2.27. The van der Waals surface area contributed by atoms with Gasteiger partial charge in [0.25, 0.3) is 0 Å². The minimum absolute atomic E-state index is 0.430. The number of amides is 1. The molecule has 0 fully saturated rings. The van der Waals surface area contributed by atoms with Crippen LogP contribution in [0.5, 0.6) is 0 Å². The molecule has 0 radical (unpaired) electrons. The van der Waals surface area contributed by atoms with Crippen molar-refractivity contribution in [2.75, 3.05) is 0 Å². The lowest BCUT2D eigenvalue weighted by atomic mass is 10.0. The maximum absolute atomic E-state index is 11.5. The molecule has 2 N–H and O–H groups in total. The van der Waals surface area contributed by atoms with Crippen LogP contribution in [0.4, 0.5) is 0 Å². The molecule has 1 aromatic carbocycles. The van der Waals surface area contributed by atoms with Gasteiger partial charge >= 0.3 is 0 Å². The quantitative estimate of drug-likeness (QED) is 0.760. The van der Waals surface area contributed by atoms with Gasteiger partial charge in [-0.3, -0.25) is 4.79 Å². The Morgan fingerprint density at radius 3 is 2.68 bits per heavy atom. The monoisotopic (exact) mass is 251 g/mol. The van der Waals surface area contributed by atoms with Crippen LogP contribution in [0.25, 0.3) is 16.8 Å². The average molecular weight is 251 g/mol. The number of aryl methyl sites for hydroxylation is 1. The number of imidazole rings is 1. The molecule has 0 aliphatic carbocycles. The molecule has 4 nitrogen and oxygen atoms in total. The maximum atomic E-state index is 11.5. The van der Waals surface area contributed by atoms with Gasteiger partial charge in [0.2, 0.25) is 5.91 Å². The first-order chi connectivity index (χ1) is 9.16. The molecular formula is C15H13N3O. The third kappa shape index (κ3) is 1.87. The van der Waals surface area contributed by atoms with Gasteiger partial charge in [0.15, 0.2) is 0 Å². The molecule has 0 spiro atoms. The van der Waals surface area contributed by atoms with Gasteiger partial charge in [-0.2, -0.15) is 0 Å². The number of carbonyl (C=O) groups excluding carboxylic acids is 1. The first-order valence-corrected chi connectivity index (χ1v) is 6.00. The van der Waals surface area contributed by atoms with Gasteiger partial charge < -0.3 is 10.1 Å². The van der Waals surface area contributed by atoms with Crippen LogP contribution in [-0.4, -0.2) is 15.3 Å².